The highest BCUT2D eigenvalue weighted by molar-refractivity contribution is 7.89. The number of carbonyl (C=O) groups excluding carboxylic acids is 1. The zero-order chi connectivity index (χ0) is 17.9. The Bertz CT molecular complexity index is 697. The van der Waals surface area contributed by atoms with Crippen molar-refractivity contribution in [2.45, 2.75) is 31.6 Å². The quantitative estimate of drug-likeness (QED) is 0.809. The average Bonchev–Trinajstić information content (AvgIpc) is 2.58. The van der Waals surface area contributed by atoms with Crippen LogP contribution in [0.5, 0.6) is 0 Å². The third kappa shape index (κ3) is 3.75. The Morgan fingerprint density at radius 2 is 1.67 bits per heavy atom. The molecule has 24 heavy (non-hydrogen) atoms. The molecule has 0 unspecified atom stereocenters. The van der Waals surface area contributed by atoms with Gasteiger partial charge in [0.15, 0.2) is 11.6 Å². The Hall–Kier alpha value is -1.54. The van der Waals surface area contributed by atoms with Gasteiger partial charge in [-0.3, -0.25) is 4.79 Å². The summed E-state index contributed by atoms with van der Waals surface area (Å²) in [6.07, 6.45) is 1.51. The summed E-state index contributed by atoms with van der Waals surface area (Å²) < 4.78 is 52.5. The van der Waals surface area contributed by atoms with Gasteiger partial charge in [-0.15, -0.1) is 0 Å². The number of hydrogen-bond acceptors (Lipinski definition) is 3. The van der Waals surface area contributed by atoms with E-state index in [0.717, 1.165) is 25.0 Å². The molecule has 8 heteroatoms. The van der Waals surface area contributed by atoms with Crippen molar-refractivity contribution in [3.63, 3.8) is 0 Å². The molecule has 1 aliphatic heterocycles. The minimum atomic E-state index is -3.89. The summed E-state index contributed by atoms with van der Waals surface area (Å²) in [5.41, 5.74) is 0. The van der Waals surface area contributed by atoms with Gasteiger partial charge in [-0.05, 0) is 31.0 Å². The predicted octanol–water partition coefficient (Wildman–Crippen LogP) is 2.23. The molecular weight excluding hydrogens is 338 g/mol. The van der Waals surface area contributed by atoms with Crippen LogP contribution in [-0.2, 0) is 14.8 Å². The molecule has 1 saturated heterocycles. The van der Waals surface area contributed by atoms with Crippen LogP contribution in [0.3, 0.4) is 0 Å². The van der Waals surface area contributed by atoms with Gasteiger partial charge in [0, 0.05) is 32.1 Å². The first kappa shape index (κ1) is 18.8. The van der Waals surface area contributed by atoms with Crippen molar-refractivity contribution >= 4 is 15.9 Å². The lowest BCUT2D eigenvalue weighted by molar-refractivity contribution is -0.136. The van der Waals surface area contributed by atoms with Gasteiger partial charge in [0.2, 0.25) is 15.9 Å². The zero-order valence-corrected chi connectivity index (χ0v) is 14.7. The normalized spacial score (nSPS) is 16.6. The van der Waals surface area contributed by atoms with Crippen molar-refractivity contribution in [2.24, 2.45) is 5.92 Å². The van der Waals surface area contributed by atoms with E-state index in [1.807, 2.05) is 13.8 Å². The lowest BCUT2D eigenvalue weighted by atomic mass is 10.0. The monoisotopic (exact) mass is 360 g/mol. The van der Waals surface area contributed by atoms with Crippen LogP contribution in [-0.4, -0.2) is 49.7 Å². The number of halogens is 2. The molecule has 2 rings (SSSR count). The smallest absolute Gasteiger partial charge is 0.243 e. The van der Waals surface area contributed by atoms with Gasteiger partial charge in [0.1, 0.15) is 0 Å². The van der Waals surface area contributed by atoms with Crippen LogP contribution in [0, 0.1) is 17.6 Å². The molecule has 5 nitrogen and oxygen atoms in total. The maximum atomic E-state index is 13.3. The van der Waals surface area contributed by atoms with Crippen molar-refractivity contribution in [1.29, 1.82) is 0 Å². The summed E-state index contributed by atoms with van der Waals surface area (Å²) in [6, 6.07) is 2.54. The largest absolute Gasteiger partial charge is 0.340 e. The van der Waals surface area contributed by atoms with Gasteiger partial charge in [-0.25, -0.2) is 17.2 Å². The van der Waals surface area contributed by atoms with E-state index in [1.54, 1.807) is 4.90 Å². The summed E-state index contributed by atoms with van der Waals surface area (Å²) in [5.74, 6) is -2.28. The summed E-state index contributed by atoms with van der Waals surface area (Å²) in [6.45, 7) is 4.81. The molecule has 1 aromatic carbocycles. The molecule has 1 amide bonds. The van der Waals surface area contributed by atoms with E-state index in [9.17, 15) is 22.0 Å². The molecule has 0 bridgehead atoms. The summed E-state index contributed by atoms with van der Waals surface area (Å²) in [5, 5.41) is 0. The van der Waals surface area contributed by atoms with Crippen molar-refractivity contribution in [3.05, 3.63) is 29.8 Å². The Labute approximate surface area is 141 Å². The highest BCUT2D eigenvalue weighted by Crippen LogP contribution is 2.21. The van der Waals surface area contributed by atoms with Crippen LogP contribution in [0.1, 0.15) is 26.7 Å². The first-order chi connectivity index (χ1) is 11.3. The fourth-order valence-corrected chi connectivity index (χ4v) is 4.27. The molecule has 1 aliphatic rings. The van der Waals surface area contributed by atoms with Gasteiger partial charge in [-0.1, -0.05) is 13.8 Å². The highest BCUT2D eigenvalue weighted by Gasteiger charge is 2.32. The second-order valence-corrected chi connectivity index (χ2v) is 7.76. The number of amides is 1. The molecule has 0 radical (unpaired) electrons. The van der Waals surface area contributed by atoms with E-state index in [0.29, 0.717) is 19.2 Å². The van der Waals surface area contributed by atoms with Gasteiger partial charge in [-0.2, -0.15) is 4.31 Å². The van der Waals surface area contributed by atoms with Gasteiger partial charge in [0.25, 0.3) is 0 Å². The van der Waals surface area contributed by atoms with Crippen LogP contribution in [0.2, 0.25) is 0 Å². The van der Waals surface area contributed by atoms with Crippen molar-refractivity contribution in [1.82, 2.24) is 9.21 Å². The maximum Gasteiger partial charge on any atom is 0.243 e. The van der Waals surface area contributed by atoms with E-state index in [1.165, 1.54) is 4.31 Å². The lowest BCUT2D eigenvalue weighted by Gasteiger charge is -2.35. The average molecular weight is 360 g/mol. The third-order valence-corrected chi connectivity index (χ3v) is 6.31. The first-order valence-electron chi connectivity index (χ1n) is 8.05. The number of piperazine rings is 1. The molecule has 0 atom stereocenters. The second-order valence-electron chi connectivity index (χ2n) is 5.82. The number of nitrogens with zero attached hydrogens (tertiary/aromatic N) is 2. The number of sulfonamides is 1. The number of hydrogen-bond donors (Lipinski definition) is 0. The molecular formula is C16H22F2N2O3S. The van der Waals surface area contributed by atoms with Crippen molar-refractivity contribution in [3.8, 4) is 0 Å². The minimum absolute atomic E-state index is 0.0423. The predicted molar refractivity (Wildman–Crippen MR) is 85.8 cm³/mol. The molecule has 0 N–H and O–H groups in total. The lowest BCUT2D eigenvalue weighted by Crippen LogP contribution is -2.51. The fourth-order valence-electron chi connectivity index (χ4n) is 2.83. The molecule has 0 saturated carbocycles. The molecule has 0 aromatic heterocycles. The molecule has 1 heterocycles. The zero-order valence-electron chi connectivity index (χ0n) is 13.8. The number of carbonyl (C=O) groups is 1. The van der Waals surface area contributed by atoms with Crippen molar-refractivity contribution in [2.75, 3.05) is 26.2 Å². The molecule has 1 aromatic rings. The van der Waals surface area contributed by atoms with Crippen LogP contribution < -0.4 is 0 Å². The Balaban J connectivity index is 2.08. The van der Waals surface area contributed by atoms with E-state index in [4.69, 9.17) is 0 Å². The van der Waals surface area contributed by atoms with Crippen LogP contribution in [0.25, 0.3) is 0 Å². The van der Waals surface area contributed by atoms with Crippen LogP contribution in [0.15, 0.2) is 23.1 Å². The van der Waals surface area contributed by atoms with Gasteiger partial charge in [0.05, 0.1) is 4.90 Å². The standard InChI is InChI=1S/C16H22F2N2O3S/c1-3-12(4-2)16(21)19-7-9-20(10-8-19)24(22,23)13-5-6-14(17)15(18)11-13/h5-6,11-12H,3-4,7-10H2,1-2H3. The minimum Gasteiger partial charge on any atom is -0.340 e. The number of benzene rings is 1. The molecule has 134 valence electrons. The second kappa shape index (κ2) is 7.57. The highest BCUT2D eigenvalue weighted by atomic mass is 32.2. The molecule has 0 spiro atoms. The summed E-state index contributed by atoms with van der Waals surface area (Å²) in [7, 11) is -3.89. The van der Waals surface area contributed by atoms with Crippen LogP contribution in [0.4, 0.5) is 8.78 Å². The Kier molecular flexibility index (Phi) is 5.92. The first-order valence-corrected chi connectivity index (χ1v) is 9.49. The van der Waals surface area contributed by atoms with Gasteiger partial charge >= 0.3 is 0 Å². The molecule has 1 fully saturated rings. The fraction of sp³-hybridized carbons (Fsp3) is 0.562. The summed E-state index contributed by atoms with van der Waals surface area (Å²) in [4.78, 5) is 13.7. The van der Waals surface area contributed by atoms with Crippen LogP contribution >= 0.6 is 0 Å². The number of rotatable bonds is 5. The van der Waals surface area contributed by atoms with Gasteiger partial charge < -0.3 is 4.90 Å². The molecule has 0 aliphatic carbocycles. The third-order valence-electron chi connectivity index (χ3n) is 4.41. The Morgan fingerprint density at radius 1 is 1.08 bits per heavy atom. The van der Waals surface area contributed by atoms with E-state index in [2.05, 4.69) is 0 Å². The van der Waals surface area contributed by atoms with E-state index in [-0.39, 0.29) is 29.8 Å². The Morgan fingerprint density at radius 3 is 2.17 bits per heavy atom. The topological polar surface area (TPSA) is 57.7 Å². The SMILES string of the molecule is CCC(CC)C(=O)N1CCN(S(=O)(=O)c2ccc(F)c(F)c2)CC1. The van der Waals surface area contributed by atoms with E-state index >= 15 is 0 Å². The summed E-state index contributed by atoms with van der Waals surface area (Å²) >= 11 is 0. The maximum absolute atomic E-state index is 13.3. The van der Waals surface area contributed by atoms with E-state index < -0.39 is 21.7 Å². The van der Waals surface area contributed by atoms with Crippen molar-refractivity contribution < 1.29 is 22.0 Å².